The fourth-order valence-corrected chi connectivity index (χ4v) is 1.47. The molecular weight excluding hydrogens is 238 g/mol. The third-order valence-electron chi connectivity index (χ3n) is 2.12. The molecule has 0 spiro atoms. The van der Waals surface area contributed by atoms with E-state index >= 15 is 0 Å². The van der Waals surface area contributed by atoms with Gasteiger partial charge in [-0.15, -0.1) is 11.6 Å². The van der Waals surface area contributed by atoms with Crippen molar-refractivity contribution in [1.29, 1.82) is 0 Å². The topological polar surface area (TPSA) is 17.1 Å². The highest BCUT2D eigenvalue weighted by Crippen LogP contribution is 2.27. The maximum Gasteiger partial charge on any atom is 0.171 e. The van der Waals surface area contributed by atoms with Gasteiger partial charge in [-0.25, -0.2) is 4.39 Å². The number of carbonyl (C=O) groups excluding carboxylic acids is 1. The Bertz CT molecular complexity index is 388. The number of hydrogen-bond acceptors (Lipinski definition) is 1. The van der Waals surface area contributed by atoms with E-state index in [1.54, 1.807) is 13.8 Å². The Labute approximate surface area is 98.2 Å². The molecule has 0 aliphatic heterocycles. The summed E-state index contributed by atoms with van der Waals surface area (Å²) in [5.41, 5.74) is -0.382. The predicted octanol–water partition coefficient (Wildman–Crippen LogP) is 3.93. The first-order chi connectivity index (χ1) is 6.88. The minimum atomic E-state index is -0.691. The number of carbonyl (C=O) groups is 1. The van der Waals surface area contributed by atoms with E-state index in [0.29, 0.717) is 5.56 Å². The quantitative estimate of drug-likeness (QED) is 0.586. The number of hydrogen-bond donors (Lipinski definition) is 0. The van der Waals surface area contributed by atoms with Crippen molar-refractivity contribution in [2.24, 2.45) is 5.41 Å². The van der Waals surface area contributed by atoms with Crippen LogP contribution in [0.25, 0.3) is 0 Å². The Morgan fingerprint density at radius 1 is 1.47 bits per heavy atom. The average Bonchev–Trinajstić information content (AvgIpc) is 2.17. The van der Waals surface area contributed by atoms with Crippen LogP contribution in [0.2, 0.25) is 5.02 Å². The third kappa shape index (κ3) is 2.70. The van der Waals surface area contributed by atoms with Crippen LogP contribution in [0.3, 0.4) is 0 Å². The van der Waals surface area contributed by atoms with Gasteiger partial charge in [-0.3, -0.25) is 4.79 Å². The maximum atomic E-state index is 12.8. The van der Waals surface area contributed by atoms with E-state index in [2.05, 4.69) is 0 Å². The smallest absolute Gasteiger partial charge is 0.171 e. The minimum Gasteiger partial charge on any atom is -0.293 e. The number of ketones is 1. The molecule has 0 N–H and O–H groups in total. The Hall–Kier alpha value is -0.600. The van der Waals surface area contributed by atoms with E-state index in [4.69, 9.17) is 23.2 Å². The zero-order chi connectivity index (χ0) is 11.6. The molecule has 0 unspecified atom stereocenters. The van der Waals surface area contributed by atoms with Gasteiger partial charge in [0, 0.05) is 16.9 Å². The number of alkyl halides is 1. The van der Waals surface area contributed by atoms with Gasteiger partial charge in [0.1, 0.15) is 5.82 Å². The summed E-state index contributed by atoms with van der Waals surface area (Å²) in [5, 5.41) is 0.123. The van der Waals surface area contributed by atoms with Gasteiger partial charge in [0.25, 0.3) is 0 Å². The molecule has 0 aliphatic carbocycles. The van der Waals surface area contributed by atoms with Gasteiger partial charge in [0.15, 0.2) is 5.78 Å². The van der Waals surface area contributed by atoms with Gasteiger partial charge in [0.05, 0.1) is 5.02 Å². The molecule has 0 radical (unpaired) electrons. The van der Waals surface area contributed by atoms with Crippen molar-refractivity contribution in [2.45, 2.75) is 13.8 Å². The summed E-state index contributed by atoms with van der Waals surface area (Å²) >= 11 is 11.5. The van der Waals surface area contributed by atoms with Gasteiger partial charge in [-0.2, -0.15) is 0 Å². The highest BCUT2D eigenvalue weighted by molar-refractivity contribution is 6.34. The van der Waals surface area contributed by atoms with Crippen LogP contribution in [0.15, 0.2) is 18.2 Å². The maximum absolute atomic E-state index is 12.8. The molecular formula is C11H11Cl2FO. The lowest BCUT2D eigenvalue weighted by Crippen LogP contribution is -2.26. The summed E-state index contributed by atoms with van der Waals surface area (Å²) in [6, 6.07) is 3.72. The number of Topliss-reactive ketones (excluding diaryl/α,β-unsaturated/α-hetero) is 1. The van der Waals surface area contributed by atoms with Crippen LogP contribution >= 0.6 is 23.2 Å². The second kappa shape index (κ2) is 4.50. The van der Waals surface area contributed by atoms with Crippen molar-refractivity contribution in [3.63, 3.8) is 0 Å². The second-order valence-electron chi connectivity index (χ2n) is 3.97. The largest absolute Gasteiger partial charge is 0.293 e. The van der Waals surface area contributed by atoms with Crippen LogP contribution in [-0.2, 0) is 0 Å². The monoisotopic (exact) mass is 248 g/mol. The van der Waals surface area contributed by atoms with E-state index in [0.717, 1.165) is 6.07 Å². The first-order valence-corrected chi connectivity index (χ1v) is 5.35. The molecule has 0 aliphatic rings. The molecule has 1 nitrogen and oxygen atoms in total. The predicted molar refractivity (Wildman–Crippen MR) is 60.2 cm³/mol. The van der Waals surface area contributed by atoms with Gasteiger partial charge < -0.3 is 0 Å². The molecule has 0 aromatic heterocycles. The van der Waals surface area contributed by atoms with E-state index in [9.17, 15) is 9.18 Å². The molecule has 0 fully saturated rings. The Kier molecular flexibility index (Phi) is 3.74. The van der Waals surface area contributed by atoms with Crippen molar-refractivity contribution in [3.8, 4) is 0 Å². The van der Waals surface area contributed by atoms with E-state index in [-0.39, 0.29) is 16.7 Å². The number of rotatable bonds is 3. The SMILES string of the molecule is CC(C)(CCl)C(=O)c1ccc(F)cc1Cl. The summed E-state index contributed by atoms with van der Waals surface area (Å²) in [6.45, 7) is 3.45. The minimum absolute atomic E-state index is 0.123. The first-order valence-electron chi connectivity index (χ1n) is 4.44. The highest BCUT2D eigenvalue weighted by atomic mass is 35.5. The summed E-state index contributed by atoms with van der Waals surface area (Å²) < 4.78 is 12.8. The van der Waals surface area contributed by atoms with Gasteiger partial charge in [-0.05, 0) is 18.2 Å². The summed E-state index contributed by atoms with van der Waals surface area (Å²) in [4.78, 5) is 11.9. The van der Waals surface area contributed by atoms with Crippen molar-refractivity contribution in [1.82, 2.24) is 0 Å². The lowest BCUT2D eigenvalue weighted by atomic mass is 9.86. The molecule has 0 saturated heterocycles. The Morgan fingerprint density at radius 3 is 2.53 bits per heavy atom. The third-order valence-corrected chi connectivity index (χ3v) is 3.11. The normalized spacial score (nSPS) is 11.5. The van der Waals surface area contributed by atoms with E-state index in [1.807, 2.05) is 0 Å². The lowest BCUT2D eigenvalue weighted by Gasteiger charge is -2.20. The van der Waals surface area contributed by atoms with Crippen molar-refractivity contribution in [2.75, 3.05) is 5.88 Å². The highest BCUT2D eigenvalue weighted by Gasteiger charge is 2.29. The van der Waals surface area contributed by atoms with Crippen molar-refractivity contribution in [3.05, 3.63) is 34.6 Å². The van der Waals surface area contributed by atoms with E-state index in [1.165, 1.54) is 12.1 Å². The molecule has 4 heteroatoms. The Balaban J connectivity index is 3.12. The van der Waals surface area contributed by atoms with Gasteiger partial charge >= 0.3 is 0 Å². The van der Waals surface area contributed by atoms with Crippen LogP contribution in [-0.4, -0.2) is 11.7 Å². The second-order valence-corrected chi connectivity index (χ2v) is 4.65. The van der Waals surface area contributed by atoms with Gasteiger partial charge in [-0.1, -0.05) is 25.4 Å². The molecule has 82 valence electrons. The summed E-state index contributed by atoms with van der Waals surface area (Å²) in [7, 11) is 0. The van der Waals surface area contributed by atoms with Crippen LogP contribution < -0.4 is 0 Å². The lowest BCUT2D eigenvalue weighted by molar-refractivity contribution is 0.0862. The molecule has 0 amide bonds. The molecule has 1 aromatic carbocycles. The van der Waals surface area contributed by atoms with Crippen molar-refractivity contribution >= 4 is 29.0 Å². The van der Waals surface area contributed by atoms with Crippen LogP contribution in [0, 0.1) is 11.2 Å². The Morgan fingerprint density at radius 2 is 2.07 bits per heavy atom. The molecule has 0 saturated carbocycles. The van der Waals surface area contributed by atoms with Crippen LogP contribution in [0.5, 0.6) is 0 Å². The molecule has 0 atom stereocenters. The molecule has 0 heterocycles. The van der Waals surface area contributed by atoms with Crippen molar-refractivity contribution < 1.29 is 9.18 Å². The molecule has 15 heavy (non-hydrogen) atoms. The molecule has 0 bridgehead atoms. The van der Waals surface area contributed by atoms with E-state index < -0.39 is 11.2 Å². The summed E-state index contributed by atoms with van der Waals surface area (Å²) in [6.07, 6.45) is 0. The number of benzene rings is 1. The fraction of sp³-hybridized carbons (Fsp3) is 0.364. The van der Waals surface area contributed by atoms with Crippen LogP contribution in [0.1, 0.15) is 24.2 Å². The van der Waals surface area contributed by atoms with Gasteiger partial charge in [0.2, 0.25) is 0 Å². The number of halogens is 3. The first kappa shape index (κ1) is 12.5. The standard InChI is InChI=1S/C11H11Cl2FO/c1-11(2,6-12)10(15)8-4-3-7(14)5-9(8)13/h3-5H,6H2,1-2H3. The zero-order valence-corrected chi connectivity index (χ0v) is 9.99. The molecule has 1 rings (SSSR count). The molecule has 1 aromatic rings. The fourth-order valence-electron chi connectivity index (χ4n) is 1.10. The average molecular weight is 249 g/mol. The zero-order valence-electron chi connectivity index (χ0n) is 8.48. The van der Waals surface area contributed by atoms with Crippen LogP contribution in [0.4, 0.5) is 4.39 Å². The summed E-state index contributed by atoms with van der Waals surface area (Å²) in [5.74, 6) is -0.442.